The summed E-state index contributed by atoms with van der Waals surface area (Å²) in [6.45, 7) is 7.96. The van der Waals surface area contributed by atoms with Crippen molar-refractivity contribution in [3.8, 4) is 0 Å². The van der Waals surface area contributed by atoms with E-state index >= 15 is 0 Å². The van der Waals surface area contributed by atoms with Gasteiger partial charge in [0, 0.05) is 38.8 Å². The highest BCUT2D eigenvalue weighted by Crippen LogP contribution is 2.16. The van der Waals surface area contributed by atoms with E-state index in [0.717, 1.165) is 0 Å². The highest BCUT2D eigenvalue weighted by atomic mass is 16.5. The molecule has 2 saturated heterocycles. The van der Waals surface area contributed by atoms with Gasteiger partial charge in [0.15, 0.2) is 0 Å². The predicted molar refractivity (Wildman–Crippen MR) is 78.5 cm³/mol. The summed E-state index contributed by atoms with van der Waals surface area (Å²) < 4.78 is 5.25. The highest BCUT2D eigenvalue weighted by Gasteiger charge is 2.35. The summed E-state index contributed by atoms with van der Waals surface area (Å²) in [4.78, 5) is 27.8. The molecule has 2 aliphatic heterocycles. The molecule has 2 fully saturated rings. The van der Waals surface area contributed by atoms with Gasteiger partial charge in [0.25, 0.3) is 0 Å². The molecule has 0 aromatic rings. The van der Waals surface area contributed by atoms with Crippen LogP contribution in [0.2, 0.25) is 0 Å². The quantitative estimate of drug-likeness (QED) is 0.597. The van der Waals surface area contributed by atoms with E-state index in [1.807, 2.05) is 9.80 Å². The molecule has 0 aliphatic carbocycles. The lowest BCUT2D eigenvalue weighted by molar-refractivity contribution is -0.137. The van der Waals surface area contributed by atoms with Gasteiger partial charge < -0.3 is 20.7 Å². The monoisotopic (exact) mass is 296 g/mol. The second-order valence-electron chi connectivity index (χ2n) is 5.50. The minimum Gasteiger partial charge on any atom is -0.379 e. The topological polar surface area (TPSA) is 87.9 Å². The molecule has 7 heteroatoms. The van der Waals surface area contributed by atoms with Crippen LogP contribution in [-0.2, 0) is 14.3 Å². The second kappa shape index (κ2) is 7.53. The van der Waals surface area contributed by atoms with Crippen LogP contribution in [0.1, 0.15) is 0 Å². The lowest BCUT2D eigenvalue weighted by atomic mass is 10.0. The Morgan fingerprint density at radius 3 is 2.57 bits per heavy atom. The van der Waals surface area contributed by atoms with Crippen molar-refractivity contribution in [3.05, 3.63) is 12.7 Å². The van der Waals surface area contributed by atoms with Crippen LogP contribution < -0.4 is 11.1 Å². The summed E-state index contributed by atoms with van der Waals surface area (Å²) in [5, 5.41) is 2.75. The van der Waals surface area contributed by atoms with Gasteiger partial charge in [-0.1, -0.05) is 6.08 Å². The average molecular weight is 296 g/mol. The summed E-state index contributed by atoms with van der Waals surface area (Å²) in [7, 11) is 0. The molecule has 0 radical (unpaired) electrons. The first-order chi connectivity index (χ1) is 10.1. The number of amides is 2. The first kappa shape index (κ1) is 15.9. The van der Waals surface area contributed by atoms with Crippen LogP contribution in [0.4, 0.5) is 0 Å². The molecule has 0 aromatic heterocycles. The Hall–Kier alpha value is -1.44. The summed E-state index contributed by atoms with van der Waals surface area (Å²) >= 11 is 0. The molecule has 118 valence electrons. The standard InChI is InChI=1S/C14H24N4O3/c1-2-3-16-13(19)8-17-4-6-18(7-5-17)14(20)11-9-21-10-12(11)15/h2,11-12H,1,3-10,15H2,(H,16,19). The fourth-order valence-electron chi connectivity index (χ4n) is 2.63. The molecule has 0 bridgehead atoms. The minimum atomic E-state index is -0.215. The van der Waals surface area contributed by atoms with Crippen molar-refractivity contribution in [2.45, 2.75) is 6.04 Å². The number of rotatable bonds is 5. The van der Waals surface area contributed by atoms with Crippen molar-refractivity contribution in [1.29, 1.82) is 0 Å². The van der Waals surface area contributed by atoms with Crippen molar-refractivity contribution in [2.24, 2.45) is 11.7 Å². The molecule has 21 heavy (non-hydrogen) atoms. The van der Waals surface area contributed by atoms with Crippen molar-refractivity contribution >= 4 is 11.8 Å². The van der Waals surface area contributed by atoms with E-state index < -0.39 is 0 Å². The van der Waals surface area contributed by atoms with Crippen LogP contribution in [0.3, 0.4) is 0 Å². The third-order valence-electron chi connectivity index (χ3n) is 3.94. The molecule has 0 saturated carbocycles. The Labute approximate surface area is 125 Å². The van der Waals surface area contributed by atoms with Crippen LogP contribution in [0, 0.1) is 5.92 Å². The van der Waals surface area contributed by atoms with Crippen LogP contribution >= 0.6 is 0 Å². The van der Waals surface area contributed by atoms with Crippen molar-refractivity contribution in [1.82, 2.24) is 15.1 Å². The Morgan fingerprint density at radius 1 is 1.29 bits per heavy atom. The third kappa shape index (κ3) is 4.26. The lowest BCUT2D eigenvalue weighted by Crippen LogP contribution is -2.54. The van der Waals surface area contributed by atoms with E-state index in [4.69, 9.17) is 10.5 Å². The molecule has 2 aliphatic rings. The zero-order valence-corrected chi connectivity index (χ0v) is 12.3. The molecule has 2 heterocycles. The number of hydrogen-bond donors (Lipinski definition) is 2. The molecule has 0 aromatic carbocycles. The molecular weight excluding hydrogens is 272 g/mol. The van der Waals surface area contributed by atoms with E-state index in [1.165, 1.54) is 0 Å². The zero-order chi connectivity index (χ0) is 15.2. The van der Waals surface area contributed by atoms with Crippen molar-refractivity contribution < 1.29 is 14.3 Å². The van der Waals surface area contributed by atoms with Gasteiger partial charge >= 0.3 is 0 Å². The van der Waals surface area contributed by atoms with Gasteiger partial charge in [0.2, 0.25) is 11.8 Å². The Bertz CT molecular complexity index is 394. The summed E-state index contributed by atoms with van der Waals surface area (Å²) in [6, 6.07) is -0.194. The fourth-order valence-corrected chi connectivity index (χ4v) is 2.63. The first-order valence-corrected chi connectivity index (χ1v) is 7.34. The second-order valence-corrected chi connectivity index (χ2v) is 5.50. The fraction of sp³-hybridized carbons (Fsp3) is 0.714. The Kier molecular flexibility index (Phi) is 5.72. The van der Waals surface area contributed by atoms with Gasteiger partial charge in [-0.15, -0.1) is 6.58 Å². The van der Waals surface area contributed by atoms with E-state index in [1.54, 1.807) is 6.08 Å². The van der Waals surface area contributed by atoms with Gasteiger partial charge in [-0.2, -0.15) is 0 Å². The van der Waals surface area contributed by atoms with Gasteiger partial charge in [-0.05, 0) is 0 Å². The van der Waals surface area contributed by atoms with Gasteiger partial charge in [0.05, 0.1) is 25.7 Å². The van der Waals surface area contributed by atoms with Crippen LogP contribution in [0.25, 0.3) is 0 Å². The minimum absolute atomic E-state index is 0.0131. The molecule has 0 spiro atoms. The number of piperazine rings is 1. The maximum absolute atomic E-state index is 12.3. The first-order valence-electron chi connectivity index (χ1n) is 7.34. The Balaban J connectivity index is 1.74. The number of nitrogens with one attached hydrogen (secondary N) is 1. The smallest absolute Gasteiger partial charge is 0.234 e. The molecule has 2 atom stereocenters. The van der Waals surface area contributed by atoms with E-state index in [9.17, 15) is 9.59 Å². The highest BCUT2D eigenvalue weighted by molar-refractivity contribution is 5.80. The van der Waals surface area contributed by atoms with Gasteiger partial charge in [-0.25, -0.2) is 0 Å². The van der Waals surface area contributed by atoms with E-state index in [-0.39, 0.29) is 23.8 Å². The number of carbonyl (C=O) groups excluding carboxylic acids is 2. The SMILES string of the molecule is C=CCNC(=O)CN1CCN(C(=O)C2COCC2N)CC1. The maximum atomic E-state index is 12.3. The largest absolute Gasteiger partial charge is 0.379 e. The summed E-state index contributed by atoms with van der Waals surface area (Å²) in [6.07, 6.45) is 1.65. The summed E-state index contributed by atoms with van der Waals surface area (Å²) in [5.41, 5.74) is 5.88. The molecular formula is C14H24N4O3. The van der Waals surface area contributed by atoms with Crippen LogP contribution in [0.5, 0.6) is 0 Å². The summed E-state index contributed by atoms with van der Waals surface area (Å²) in [5.74, 6) is -0.149. The van der Waals surface area contributed by atoms with Crippen LogP contribution in [-0.4, -0.2) is 80.1 Å². The maximum Gasteiger partial charge on any atom is 0.234 e. The number of hydrogen-bond acceptors (Lipinski definition) is 5. The van der Waals surface area contributed by atoms with Crippen molar-refractivity contribution in [3.63, 3.8) is 0 Å². The number of nitrogens with two attached hydrogens (primary N) is 1. The lowest BCUT2D eigenvalue weighted by Gasteiger charge is -2.35. The Morgan fingerprint density at radius 2 is 2.00 bits per heavy atom. The predicted octanol–water partition coefficient (Wildman–Crippen LogP) is -1.59. The van der Waals surface area contributed by atoms with Crippen molar-refractivity contribution in [2.75, 3.05) is 52.5 Å². The van der Waals surface area contributed by atoms with E-state index in [0.29, 0.717) is 52.5 Å². The number of carbonyl (C=O) groups is 2. The number of ether oxygens (including phenoxy) is 1. The molecule has 2 amide bonds. The molecule has 3 N–H and O–H groups in total. The number of nitrogens with zero attached hydrogens (tertiary/aromatic N) is 2. The zero-order valence-electron chi connectivity index (χ0n) is 12.3. The molecule has 7 nitrogen and oxygen atoms in total. The van der Waals surface area contributed by atoms with Gasteiger partial charge in [-0.3, -0.25) is 14.5 Å². The van der Waals surface area contributed by atoms with Gasteiger partial charge in [0.1, 0.15) is 0 Å². The normalized spacial score (nSPS) is 26.6. The average Bonchev–Trinajstić information content (AvgIpc) is 2.91. The van der Waals surface area contributed by atoms with Crippen LogP contribution in [0.15, 0.2) is 12.7 Å². The third-order valence-corrected chi connectivity index (χ3v) is 3.94. The van der Waals surface area contributed by atoms with E-state index in [2.05, 4.69) is 11.9 Å². The molecule has 2 rings (SSSR count). The molecule has 2 unspecified atom stereocenters.